The summed E-state index contributed by atoms with van der Waals surface area (Å²) in [5, 5.41) is 0. The zero-order chi connectivity index (χ0) is 20.5. The van der Waals surface area contributed by atoms with Crippen molar-refractivity contribution in [1.82, 2.24) is 0 Å². The molecule has 0 aromatic heterocycles. The normalized spacial score (nSPS) is 24.0. The molecule has 0 aliphatic heterocycles. The molecule has 0 aromatic rings. The molecule has 0 saturated heterocycles. The average molecular weight is 490 g/mol. The van der Waals surface area contributed by atoms with Crippen molar-refractivity contribution in [1.29, 1.82) is 0 Å². The Hall–Kier alpha value is -0.141. The van der Waals surface area contributed by atoms with Crippen LogP contribution in [0.2, 0.25) is 0 Å². The minimum absolute atomic E-state index is 0. The molecule has 0 bridgehead atoms. The Labute approximate surface area is 211 Å². The van der Waals surface area contributed by atoms with Gasteiger partial charge in [0.2, 0.25) is 0 Å². The van der Waals surface area contributed by atoms with Gasteiger partial charge in [-0.25, -0.2) is 0 Å². The predicted octanol–water partition coefficient (Wildman–Crippen LogP) is 4.23. The van der Waals surface area contributed by atoms with E-state index < -0.39 is 0 Å². The Balaban J connectivity index is 0.000000331. The molecule has 5 aliphatic rings. The van der Waals surface area contributed by atoms with Gasteiger partial charge in [0.05, 0.1) is 0 Å². The van der Waals surface area contributed by atoms with E-state index in [1.54, 1.807) is 6.92 Å². The Bertz CT molecular complexity index is 590. The number of allylic oxidation sites excluding steroid dienone is 4. The second kappa shape index (κ2) is 15.7. The first kappa shape index (κ1) is 28.9. The van der Waals surface area contributed by atoms with Crippen LogP contribution < -0.4 is 0 Å². The largest absolute Gasteiger partial charge is 0.290 e. The van der Waals surface area contributed by atoms with Gasteiger partial charge in [0, 0.05) is 62.7 Å². The third-order valence-electron chi connectivity index (χ3n) is 4.44. The van der Waals surface area contributed by atoms with Crippen molar-refractivity contribution in [2.45, 2.75) is 6.92 Å². The first-order valence-corrected chi connectivity index (χ1v) is 9.47. The number of ketones is 2. The van der Waals surface area contributed by atoms with E-state index in [0.717, 1.165) is 11.8 Å². The minimum atomic E-state index is -0.0977. The fraction of sp³-hybridized carbons (Fsp3) is 0.0370. The number of Topliss-reactive ketones (excluding diaryl/α,β-unsaturated/α-hetero) is 1. The van der Waals surface area contributed by atoms with E-state index in [0.29, 0.717) is 16.7 Å². The molecule has 31 heavy (non-hydrogen) atoms. The molecular weight excluding hydrogens is 468 g/mol. The summed E-state index contributed by atoms with van der Waals surface area (Å²) in [6.45, 7) is 1.69. The molecule has 0 spiro atoms. The predicted molar refractivity (Wildman–Crippen MR) is 115 cm³/mol. The monoisotopic (exact) mass is 490 g/mol. The van der Waals surface area contributed by atoms with E-state index in [1.165, 1.54) is 6.08 Å². The molecule has 4 saturated carbocycles. The van der Waals surface area contributed by atoms with Crippen LogP contribution >= 0.6 is 0 Å². The van der Waals surface area contributed by atoms with E-state index >= 15 is 0 Å². The van der Waals surface area contributed by atoms with Gasteiger partial charge in [0.15, 0.2) is 11.6 Å². The summed E-state index contributed by atoms with van der Waals surface area (Å²) >= 11 is 0. The molecule has 0 aromatic carbocycles. The van der Waals surface area contributed by atoms with Crippen LogP contribution in [0.15, 0.2) is 22.8 Å². The van der Waals surface area contributed by atoms with E-state index in [4.69, 9.17) is 0 Å². The summed E-state index contributed by atoms with van der Waals surface area (Å²) in [4.78, 5) is 24.7. The van der Waals surface area contributed by atoms with Crippen molar-refractivity contribution in [2.24, 2.45) is 0 Å². The molecule has 5 aliphatic carbocycles. The van der Waals surface area contributed by atoms with Gasteiger partial charge in [0.1, 0.15) is 0 Å². The van der Waals surface area contributed by atoms with Gasteiger partial charge in [-0.15, -0.1) is 0 Å². The Morgan fingerprint density at radius 3 is 1.16 bits per heavy atom. The first-order chi connectivity index (χ1) is 14.2. The standard InChI is InChI=1S/C17H12O2.2C5H5.2Fe/c1-11-10-14(18)15(12-6-2-3-7-12)16(17(11)19)13-8-4-5-9-13;2*1-2-4-5-3-1;;/h2-10H,1H3;2*1-5H;;. The SMILES string of the molecule is CC1=CC(=O)C([C]2[CH][CH][CH][CH]2)=C([C]2[CH][CH][CH][CH]2)C1=O.[CH]1[CH][CH][CH][CH]1.[CH]1[CH][CH][CH][CH]1.[Fe].[Fe]. The van der Waals surface area contributed by atoms with E-state index in [2.05, 4.69) is 0 Å². The first-order valence-electron chi connectivity index (χ1n) is 9.47. The average Bonchev–Trinajstić information content (AvgIpc) is 3.56. The molecule has 4 fully saturated rings. The zero-order valence-electron chi connectivity index (χ0n) is 17.0. The molecule has 5 rings (SSSR count). The van der Waals surface area contributed by atoms with Crippen LogP contribution in [0.1, 0.15) is 6.92 Å². The van der Waals surface area contributed by atoms with Crippen LogP contribution in [0.4, 0.5) is 0 Å². The maximum Gasteiger partial charge on any atom is 0.185 e. The molecule has 0 N–H and O–H groups in total. The summed E-state index contributed by atoms with van der Waals surface area (Å²) in [6, 6.07) is 0. The van der Waals surface area contributed by atoms with Crippen LogP contribution in [0.3, 0.4) is 0 Å². The Morgan fingerprint density at radius 1 is 0.484 bits per heavy atom. The smallest absolute Gasteiger partial charge is 0.185 e. The summed E-state index contributed by atoms with van der Waals surface area (Å²) in [7, 11) is 0. The van der Waals surface area contributed by atoms with Crippen molar-refractivity contribution < 1.29 is 43.7 Å². The van der Waals surface area contributed by atoms with Gasteiger partial charge in [-0.1, -0.05) is 0 Å². The summed E-state index contributed by atoms with van der Waals surface area (Å²) in [5.74, 6) is 1.45. The van der Waals surface area contributed by atoms with Crippen LogP contribution in [-0.2, 0) is 43.7 Å². The summed E-state index contributed by atoms with van der Waals surface area (Å²) in [6.07, 6.45) is 36.4. The zero-order valence-corrected chi connectivity index (χ0v) is 19.2. The van der Waals surface area contributed by atoms with E-state index in [-0.39, 0.29) is 45.7 Å². The van der Waals surface area contributed by atoms with Gasteiger partial charge in [-0.05, 0) is 129 Å². The molecule has 0 atom stereocenters. The summed E-state index contributed by atoms with van der Waals surface area (Å²) < 4.78 is 0. The van der Waals surface area contributed by atoms with E-state index in [9.17, 15) is 9.59 Å². The third-order valence-corrected chi connectivity index (χ3v) is 4.44. The van der Waals surface area contributed by atoms with Crippen molar-refractivity contribution >= 4 is 11.6 Å². The number of carbonyl (C=O) groups is 2. The van der Waals surface area contributed by atoms with Gasteiger partial charge in [0.25, 0.3) is 0 Å². The molecule has 20 radical (unpaired) electrons. The summed E-state index contributed by atoms with van der Waals surface area (Å²) in [5.41, 5.74) is 1.52. The maximum atomic E-state index is 12.4. The van der Waals surface area contributed by atoms with Crippen molar-refractivity contribution in [3.63, 3.8) is 0 Å². The van der Waals surface area contributed by atoms with Crippen LogP contribution in [0.5, 0.6) is 0 Å². The molecule has 158 valence electrons. The quantitative estimate of drug-likeness (QED) is 0.429. The third kappa shape index (κ3) is 8.62. The number of carbonyl (C=O) groups excluding carboxylic acids is 2. The number of hydrogen-bond acceptors (Lipinski definition) is 2. The molecule has 0 unspecified atom stereocenters. The molecule has 0 heterocycles. The van der Waals surface area contributed by atoms with Gasteiger partial charge >= 0.3 is 0 Å². The van der Waals surface area contributed by atoms with Crippen LogP contribution in [0, 0.1) is 127 Å². The fourth-order valence-corrected chi connectivity index (χ4v) is 3.05. The van der Waals surface area contributed by atoms with Crippen molar-refractivity contribution in [3.05, 3.63) is 150 Å². The Morgan fingerprint density at radius 2 is 0.806 bits per heavy atom. The maximum absolute atomic E-state index is 12.4. The van der Waals surface area contributed by atoms with Crippen molar-refractivity contribution in [3.8, 4) is 0 Å². The minimum Gasteiger partial charge on any atom is -0.290 e. The van der Waals surface area contributed by atoms with Gasteiger partial charge in [-0.3, -0.25) is 9.59 Å². The Kier molecular flexibility index (Phi) is 14.6. The van der Waals surface area contributed by atoms with E-state index in [1.807, 2.05) is 116 Å². The number of hydrogen-bond donors (Lipinski definition) is 0. The molecular formula is C27H22Fe2O2. The number of rotatable bonds is 2. The topological polar surface area (TPSA) is 34.1 Å². The molecule has 2 nitrogen and oxygen atoms in total. The second-order valence-corrected chi connectivity index (χ2v) is 6.54. The van der Waals surface area contributed by atoms with Crippen LogP contribution in [0.25, 0.3) is 0 Å². The van der Waals surface area contributed by atoms with Crippen LogP contribution in [-0.4, -0.2) is 11.6 Å². The van der Waals surface area contributed by atoms with Gasteiger partial charge < -0.3 is 0 Å². The molecule has 4 heteroatoms. The molecule has 0 amide bonds. The van der Waals surface area contributed by atoms with Crippen molar-refractivity contribution in [2.75, 3.05) is 0 Å². The van der Waals surface area contributed by atoms with Gasteiger partial charge in [-0.2, -0.15) is 0 Å². The fourth-order valence-electron chi connectivity index (χ4n) is 3.05. The second-order valence-electron chi connectivity index (χ2n) is 6.54.